The molecular weight excluding hydrogens is 546 g/mol. The number of imide groups is 1. The summed E-state index contributed by atoms with van der Waals surface area (Å²) in [5, 5.41) is 5.01. The monoisotopic (exact) mass is 575 g/mol. The van der Waals surface area contributed by atoms with Crippen LogP contribution in [0.25, 0.3) is 6.08 Å². The molecule has 1 fully saturated rings. The number of rotatable bonds is 10. The number of methoxy groups -OCH3 is 3. The van der Waals surface area contributed by atoms with E-state index < -0.39 is 17.1 Å². The second-order valence-corrected chi connectivity index (χ2v) is 10.2. The largest absolute Gasteiger partial charge is 0.493 e. The Morgan fingerprint density at radius 1 is 0.927 bits per heavy atom. The lowest BCUT2D eigenvalue weighted by molar-refractivity contribution is -0.136. The van der Waals surface area contributed by atoms with E-state index in [1.54, 1.807) is 66.7 Å². The van der Waals surface area contributed by atoms with Gasteiger partial charge in [0.05, 0.1) is 26.6 Å². The third kappa shape index (κ3) is 6.87. The quantitative estimate of drug-likeness (QED) is 0.275. The number of likely N-dealkylation sites (tertiary alicyclic amines) is 1. The summed E-state index contributed by atoms with van der Waals surface area (Å²) in [4.78, 5) is 52.3. The molecule has 1 saturated heterocycles. The summed E-state index contributed by atoms with van der Waals surface area (Å²) in [7, 11) is 5.93. The van der Waals surface area contributed by atoms with Crippen LogP contribution in [0.1, 0.15) is 22.3 Å². The first-order chi connectivity index (χ1) is 19.7. The molecule has 1 unspecified atom stereocenters. The molecule has 212 valence electrons. The molecule has 0 saturated carbocycles. The molecule has 1 aliphatic heterocycles. The highest BCUT2D eigenvalue weighted by Gasteiger charge is 2.36. The lowest BCUT2D eigenvalue weighted by Crippen LogP contribution is -2.30. The Morgan fingerprint density at radius 2 is 1.56 bits per heavy atom. The van der Waals surface area contributed by atoms with Gasteiger partial charge < -0.3 is 24.8 Å². The topological polar surface area (TPSA) is 123 Å². The lowest BCUT2D eigenvalue weighted by Gasteiger charge is -2.15. The Labute approximate surface area is 241 Å². The molecule has 3 aromatic carbocycles. The standard InChI is InChI=1S/C30H29N3O7S/c1-33-26(34)17-25(30(33)37)41-21-12-10-20(11-13-21)31-29(36)22(32-28(35)19-8-6-5-7-9-19)14-18-15-23(38-2)27(40-4)24(16-18)39-3/h5-16,25H,17H2,1-4H3,(H,31,36)(H,32,35)/b22-14-. The van der Waals surface area contributed by atoms with Gasteiger partial charge in [0.1, 0.15) is 5.70 Å². The average molecular weight is 576 g/mol. The summed E-state index contributed by atoms with van der Waals surface area (Å²) >= 11 is 1.29. The smallest absolute Gasteiger partial charge is 0.272 e. The maximum absolute atomic E-state index is 13.4. The number of hydrogen-bond acceptors (Lipinski definition) is 8. The highest BCUT2D eigenvalue weighted by molar-refractivity contribution is 8.00. The SMILES string of the molecule is COc1cc(/C=C(\NC(=O)c2ccccc2)C(=O)Nc2ccc(SC3CC(=O)N(C)C3=O)cc2)cc(OC)c1OC. The van der Waals surface area contributed by atoms with Crippen LogP contribution in [-0.2, 0) is 14.4 Å². The number of carbonyl (C=O) groups is 4. The second-order valence-electron chi connectivity index (χ2n) is 8.92. The van der Waals surface area contributed by atoms with E-state index in [0.717, 1.165) is 9.80 Å². The first-order valence-electron chi connectivity index (χ1n) is 12.5. The van der Waals surface area contributed by atoms with Gasteiger partial charge in [0.25, 0.3) is 11.8 Å². The Balaban J connectivity index is 1.58. The lowest BCUT2D eigenvalue weighted by atomic mass is 10.1. The van der Waals surface area contributed by atoms with Gasteiger partial charge in [-0.15, -0.1) is 11.8 Å². The van der Waals surface area contributed by atoms with E-state index in [9.17, 15) is 19.2 Å². The zero-order chi connectivity index (χ0) is 29.5. The zero-order valence-corrected chi connectivity index (χ0v) is 23.7. The van der Waals surface area contributed by atoms with Crippen LogP contribution in [0.4, 0.5) is 5.69 Å². The molecule has 41 heavy (non-hydrogen) atoms. The van der Waals surface area contributed by atoms with Crippen molar-refractivity contribution in [2.75, 3.05) is 33.7 Å². The van der Waals surface area contributed by atoms with Gasteiger partial charge in [-0.2, -0.15) is 0 Å². The van der Waals surface area contributed by atoms with Crippen molar-refractivity contribution >= 4 is 47.2 Å². The third-order valence-corrected chi connectivity index (χ3v) is 7.45. The van der Waals surface area contributed by atoms with Crippen molar-refractivity contribution in [3.63, 3.8) is 0 Å². The molecule has 0 aliphatic carbocycles. The van der Waals surface area contributed by atoms with Crippen LogP contribution < -0.4 is 24.8 Å². The number of anilines is 1. The minimum absolute atomic E-state index is 0.0234. The summed E-state index contributed by atoms with van der Waals surface area (Å²) in [6, 6.07) is 18.7. The van der Waals surface area contributed by atoms with E-state index >= 15 is 0 Å². The second kappa shape index (κ2) is 13.1. The van der Waals surface area contributed by atoms with E-state index in [4.69, 9.17) is 14.2 Å². The summed E-state index contributed by atoms with van der Waals surface area (Å²) in [6.45, 7) is 0. The highest BCUT2D eigenvalue weighted by Crippen LogP contribution is 2.38. The Morgan fingerprint density at radius 3 is 2.10 bits per heavy atom. The molecule has 10 nitrogen and oxygen atoms in total. The van der Waals surface area contributed by atoms with Crippen LogP contribution in [0.5, 0.6) is 17.2 Å². The van der Waals surface area contributed by atoms with E-state index in [0.29, 0.717) is 34.1 Å². The fraction of sp³-hybridized carbons (Fsp3) is 0.200. The first-order valence-corrected chi connectivity index (χ1v) is 13.4. The van der Waals surface area contributed by atoms with Crippen molar-refractivity contribution in [1.29, 1.82) is 0 Å². The van der Waals surface area contributed by atoms with Gasteiger partial charge in [-0.05, 0) is 60.2 Å². The van der Waals surface area contributed by atoms with E-state index in [1.165, 1.54) is 46.2 Å². The van der Waals surface area contributed by atoms with Gasteiger partial charge in [0.2, 0.25) is 17.6 Å². The molecule has 0 radical (unpaired) electrons. The minimum atomic E-state index is -0.568. The predicted octanol–water partition coefficient (Wildman–Crippen LogP) is 3.97. The van der Waals surface area contributed by atoms with E-state index in [2.05, 4.69) is 10.6 Å². The van der Waals surface area contributed by atoms with Crippen LogP contribution in [0.2, 0.25) is 0 Å². The molecule has 0 bridgehead atoms. The average Bonchev–Trinajstić information content (AvgIpc) is 3.23. The Kier molecular flexibility index (Phi) is 9.30. The molecule has 4 rings (SSSR count). The normalized spacial score (nSPS) is 15.0. The fourth-order valence-electron chi connectivity index (χ4n) is 4.09. The van der Waals surface area contributed by atoms with Gasteiger partial charge >= 0.3 is 0 Å². The van der Waals surface area contributed by atoms with Gasteiger partial charge in [0, 0.05) is 29.6 Å². The van der Waals surface area contributed by atoms with Crippen molar-refractivity contribution in [2.24, 2.45) is 0 Å². The molecule has 1 aliphatic rings. The number of nitrogens with one attached hydrogen (secondary N) is 2. The summed E-state index contributed by atoms with van der Waals surface area (Å²) < 4.78 is 16.2. The zero-order valence-electron chi connectivity index (χ0n) is 22.9. The third-order valence-electron chi connectivity index (χ3n) is 6.26. The van der Waals surface area contributed by atoms with Crippen LogP contribution in [0, 0.1) is 0 Å². The van der Waals surface area contributed by atoms with Gasteiger partial charge in [-0.3, -0.25) is 24.1 Å². The van der Waals surface area contributed by atoms with Gasteiger partial charge in [-0.1, -0.05) is 18.2 Å². The van der Waals surface area contributed by atoms with Crippen LogP contribution >= 0.6 is 11.8 Å². The van der Waals surface area contributed by atoms with Gasteiger partial charge in [0.15, 0.2) is 11.5 Å². The molecule has 1 atom stereocenters. The molecule has 0 aromatic heterocycles. The predicted molar refractivity (Wildman–Crippen MR) is 155 cm³/mol. The summed E-state index contributed by atoms with van der Waals surface area (Å²) in [5.74, 6) is -0.315. The van der Waals surface area contributed by atoms with E-state index in [-0.39, 0.29) is 23.9 Å². The van der Waals surface area contributed by atoms with Crippen molar-refractivity contribution in [2.45, 2.75) is 16.6 Å². The molecule has 4 amide bonds. The Hall–Kier alpha value is -4.77. The summed E-state index contributed by atoms with van der Waals surface area (Å²) in [6.07, 6.45) is 1.65. The van der Waals surface area contributed by atoms with Crippen molar-refractivity contribution in [1.82, 2.24) is 10.2 Å². The number of thioether (sulfide) groups is 1. The number of carbonyl (C=O) groups excluding carboxylic acids is 4. The maximum atomic E-state index is 13.4. The van der Waals surface area contributed by atoms with Crippen LogP contribution in [-0.4, -0.2) is 62.2 Å². The van der Waals surface area contributed by atoms with Crippen LogP contribution in [0.15, 0.2) is 77.3 Å². The summed E-state index contributed by atoms with van der Waals surface area (Å²) in [5.41, 5.74) is 1.34. The van der Waals surface area contributed by atoms with E-state index in [1.807, 2.05) is 0 Å². The molecule has 0 spiro atoms. The number of ether oxygens (including phenoxy) is 3. The maximum Gasteiger partial charge on any atom is 0.272 e. The fourth-order valence-corrected chi connectivity index (χ4v) is 5.19. The Bertz CT molecular complexity index is 1460. The molecule has 1 heterocycles. The minimum Gasteiger partial charge on any atom is -0.493 e. The molecule has 3 aromatic rings. The number of nitrogens with zero attached hydrogens (tertiary/aromatic N) is 1. The molecule has 2 N–H and O–H groups in total. The number of amides is 4. The van der Waals surface area contributed by atoms with Gasteiger partial charge in [-0.25, -0.2) is 0 Å². The van der Waals surface area contributed by atoms with Crippen molar-refractivity contribution in [3.05, 3.63) is 83.6 Å². The van der Waals surface area contributed by atoms with Crippen molar-refractivity contribution in [3.8, 4) is 17.2 Å². The number of benzene rings is 3. The highest BCUT2D eigenvalue weighted by atomic mass is 32.2. The van der Waals surface area contributed by atoms with Crippen molar-refractivity contribution < 1.29 is 33.4 Å². The molecule has 11 heteroatoms. The van der Waals surface area contributed by atoms with Crippen LogP contribution in [0.3, 0.4) is 0 Å². The first kappa shape index (κ1) is 29.2. The molecular formula is C30H29N3O7S. The number of hydrogen-bond donors (Lipinski definition) is 2.